The number of halogens is 2. The number of hydrazone groups is 1. The largest absolute Gasteiger partial charge is 0.278 e. The van der Waals surface area contributed by atoms with Crippen LogP contribution in [0.2, 0.25) is 10.2 Å². The van der Waals surface area contributed by atoms with E-state index in [4.69, 9.17) is 23.2 Å². The van der Waals surface area contributed by atoms with Crippen molar-refractivity contribution >= 4 is 40.8 Å². The number of hydrogen-bond donors (Lipinski definition) is 1. The molecule has 0 aliphatic rings. The van der Waals surface area contributed by atoms with Crippen LogP contribution in [0.5, 0.6) is 0 Å². The van der Waals surface area contributed by atoms with Gasteiger partial charge >= 0.3 is 0 Å². The van der Waals surface area contributed by atoms with E-state index in [9.17, 15) is 10.1 Å². The van der Waals surface area contributed by atoms with Gasteiger partial charge < -0.3 is 0 Å². The third-order valence-electron chi connectivity index (χ3n) is 3.58. The molecule has 1 aromatic heterocycles. The van der Waals surface area contributed by atoms with Crippen LogP contribution >= 0.6 is 23.2 Å². The molecule has 2 aromatic carbocycles. The number of rotatable bonds is 5. The highest BCUT2D eigenvalue weighted by Crippen LogP contribution is 2.23. The maximum atomic E-state index is 10.6. The molecule has 0 amide bonds. The molecule has 26 heavy (non-hydrogen) atoms. The van der Waals surface area contributed by atoms with E-state index in [1.165, 1.54) is 12.1 Å². The summed E-state index contributed by atoms with van der Waals surface area (Å²) >= 11 is 12.3. The summed E-state index contributed by atoms with van der Waals surface area (Å²) in [6.45, 7) is 1.82. The summed E-state index contributed by atoms with van der Waals surface area (Å²) in [5, 5.41) is 20.2. The van der Waals surface area contributed by atoms with Gasteiger partial charge in [-0.15, -0.1) is 0 Å². The van der Waals surface area contributed by atoms with Crippen LogP contribution in [0, 0.1) is 17.0 Å². The average Bonchev–Trinajstić information content (AvgIpc) is 2.91. The Bertz CT molecular complexity index is 966. The Balaban J connectivity index is 1.78. The van der Waals surface area contributed by atoms with E-state index in [0.717, 1.165) is 5.69 Å². The van der Waals surface area contributed by atoms with E-state index < -0.39 is 4.92 Å². The quantitative estimate of drug-likeness (QED) is 0.384. The van der Waals surface area contributed by atoms with Crippen molar-refractivity contribution < 1.29 is 4.92 Å². The maximum absolute atomic E-state index is 10.6. The van der Waals surface area contributed by atoms with Gasteiger partial charge in [0.1, 0.15) is 5.15 Å². The summed E-state index contributed by atoms with van der Waals surface area (Å²) < 4.78 is 1.60. The monoisotopic (exact) mass is 389 g/mol. The molecule has 7 nitrogen and oxygen atoms in total. The molecule has 0 unspecified atom stereocenters. The van der Waals surface area contributed by atoms with Crippen LogP contribution in [0.1, 0.15) is 11.3 Å². The van der Waals surface area contributed by atoms with Gasteiger partial charge in [-0.3, -0.25) is 15.5 Å². The second kappa shape index (κ2) is 7.55. The third-order valence-corrected chi connectivity index (χ3v) is 4.20. The predicted molar refractivity (Wildman–Crippen MR) is 103 cm³/mol. The molecule has 0 atom stereocenters. The van der Waals surface area contributed by atoms with Gasteiger partial charge in [0.2, 0.25) is 0 Å². The number of hydrogen-bond acceptors (Lipinski definition) is 5. The van der Waals surface area contributed by atoms with Crippen LogP contribution in [0.4, 0.5) is 11.4 Å². The van der Waals surface area contributed by atoms with Crippen molar-refractivity contribution in [2.75, 3.05) is 5.43 Å². The zero-order valence-electron chi connectivity index (χ0n) is 13.6. The van der Waals surface area contributed by atoms with Crippen molar-refractivity contribution in [1.29, 1.82) is 0 Å². The van der Waals surface area contributed by atoms with Gasteiger partial charge in [0.05, 0.1) is 33.8 Å². The standard InChI is InChI=1S/C17H13Cl2N5O2/c1-11-16(10-20-21-13-4-8-15(9-5-13)24(25)26)17(19)23(22-11)14-6-2-12(18)3-7-14/h2-10,21H,1H3/b20-10-. The van der Waals surface area contributed by atoms with Crippen molar-refractivity contribution in [2.24, 2.45) is 5.10 Å². The maximum Gasteiger partial charge on any atom is 0.269 e. The molecule has 0 radical (unpaired) electrons. The second-order valence-corrected chi connectivity index (χ2v) is 6.15. The topological polar surface area (TPSA) is 85.3 Å². The third kappa shape index (κ3) is 3.84. The molecule has 0 fully saturated rings. The van der Waals surface area contributed by atoms with E-state index in [0.29, 0.717) is 27.1 Å². The lowest BCUT2D eigenvalue weighted by Crippen LogP contribution is -1.96. The lowest BCUT2D eigenvalue weighted by molar-refractivity contribution is -0.384. The van der Waals surface area contributed by atoms with Crippen molar-refractivity contribution in [3.63, 3.8) is 0 Å². The minimum atomic E-state index is -0.457. The van der Waals surface area contributed by atoms with Gasteiger partial charge in [-0.1, -0.05) is 23.2 Å². The second-order valence-electron chi connectivity index (χ2n) is 5.35. The predicted octanol–water partition coefficient (Wildman–Crippen LogP) is 4.84. The van der Waals surface area contributed by atoms with Crippen molar-refractivity contribution in [3.8, 4) is 5.69 Å². The number of nitrogens with zero attached hydrogens (tertiary/aromatic N) is 4. The van der Waals surface area contributed by atoms with Crippen LogP contribution in [-0.2, 0) is 0 Å². The molecule has 3 rings (SSSR count). The van der Waals surface area contributed by atoms with Crippen LogP contribution in [-0.4, -0.2) is 20.9 Å². The lowest BCUT2D eigenvalue weighted by Gasteiger charge is -2.03. The molecule has 132 valence electrons. The Morgan fingerprint density at radius 2 is 1.81 bits per heavy atom. The molecule has 1 N–H and O–H groups in total. The molecule has 0 saturated heterocycles. The summed E-state index contributed by atoms with van der Waals surface area (Å²) in [5.74, 6) is 0. The SMILES string of the molecule is Cc1nn(-c2ccc(Cl)cc2)c(Cl)c1/C=N\Nc1ccc([N+](=O)[O-])cc1. The Hall–Kier alpha value is -2.90. The molecule has 0 aliphatic carbocycles. The Morgan fingerprint density at radius 1 is 1.15 bits per heavy atom. The van der Waals surface area contributed by atoms with E-state index in [-0.39, 0.29) is 5.69 Å². The highest BCUT2D eigenvalue weighted by molar-refractivity contribution is 6.32. The van der Waals surface area contributed by atoms with Gasteiger partial charge in [0.25, 0.3) is 5.69 Å². The number of nitro groups is 1. The molecule has 3 aromatic rings. The number of benzene rings is 2. The molecule has 0 spiro atoms. The fraction of sp³-hybridized carbons (Fsp3) is 0.0588. The molecular formula is C17H13Cl2N5O2. The summed E-state index contributed by atoms with van der Waals surface area (Å²) in [6.07, 6.45) is 1.55. The Kier molecular flexibility index (Phi) is 5.20. The summed E-state index contributed by atoms with van der Waals surface area (Å²) in [6, 6.07) is 13.1. The van der Waals surface area contributed by atoms with Gasteiger partial charge in [-0.25, -0.2) is 4.68 Å². The fourth-order valence-corrected chi connectivity index (χ4v) is 2.69. The normalized spacial score (nSPS) is 11.0. The Morgan fingerprint density at radius 3 is 2.42 bits per heavy atom. The van der Waals surface area contributed by atoms with Crippen LogP contribution in [0.15, 0.2) is 53.6 Å². The number of aryl methyl sites for hydroxylation is 1. The molecular weight excluding hydrogens is 377 g/mol. The van der Waals surface area contributed by atoms with Crippen molar-refractivity contribution in [1.82, 2.24) is 9.78 Å². The first-order valence-electron chi connectivity index (χ1n) is 7.50. The van der Waals surface area contributed by atoms with Gasteiger partial charge in [-0.05, 0) is 43.3 Å². The van der Waals surface area contributed by atoms with E-state index in [1.807, 2.05) is 19.1 Å². The summed E-state index contributed by atoms with van der Waals surface area (Å²) in [5.41, 5.74) is 5.59. The van der Waals surface area contributed by atoms with Crippen molar-refractivity contribution in [3.05, 3.63) is 80.1 Å². The minimum absolute atomic E-state index is 0.0164. The number of aromatic nitrogens is 2. The van der Waals surface area contributed by atoms with Gasteiger partial charge in [0.15, 0.2) is 0 Å². The molecule has 1 heterocycles. The first kappa shape index (κ1) is 17.9. The van der Waals surface area contributed by atoms with E-state index in [1.54, 1.807) is 35.2 Å². The number of non-ortho nitro benzene ring substituents is 1. The highest BCUT2D eigenvalue weighted by Gasteiger charge is 2.13. The van der Waals surface area contributed by atoms with Crippen LogP contribution in [0.25, 0.3) is 5.69 Å². The summed E-state index contributed by atoms with van der Waals surface area (Å²) in [4.78, 5) is 10.2. The summed E-state index contributed by atoms with van der Waals surface area (Å²) in [7, 11) is 0. The number of nitro benzene ring substituents is 1. The van der Waals surface area contributed by atoms with Gasteiger partial charge in [-0.2, -0.15) is 10.2 Å². The first-order valence-corrected chi connectivity index (χ1v) is 8.26. The van der Waals surface area contributed by atoms with E-state index >= 15 is 0 Å². The minimum Gasteiger partial charge on any atom is -0.278 e. The van der Waals surface area contributed by atoms with Crippen molar-refractivity contribution in [2.45, 2.75) is 6.92 Å². The van der Waals surface area contributed by atoms with Gasteiger partial charge in [0, 0.05) is 17.2 Å². The highest BCUT2D eigenvalue weighted by atomic mass is 35.5. The average molecular weight is 390 g/mol. The smallest absolute Gasteiger partial charge is 0.269 e. The fourth-order valence-electron chi connectivity index (χ4n) is 2.24. The molecule has 0 saturated carbocycles. The number of nitrogens with one attached hydrogen (secondary N) is 1. The Labute approximate surface area is 159 Å². The van der Waals surface area contributed by atoms with Crippen LogP contribution in [0.3, 0.4) is 0 Å². The molecule has 0 bridgehead atoms. The number of anilines is 1. The zero-order valence-corrected chi connectivity index (χ0v) is 15.1. The zero-order chi connectivity index (χ0) is 18.7. The molecule has 9 heteroatoms. The molecule has 0 aliphatic heterocycles. The first-order chi connectivity index (χ1) is 12.5. The van der Waals surface area contributed by atoms with Crippen LogP contribution < -0.4 is 5.43 Å². The lowest BCUT2D eigenvalue weighted by atomic mass is 10.3. The van der Waals surface area contributed by atoms with E-state index in [2.05, 4.69) is 15.6 Å².